The predicted molar refractivity (Wildman–Crippen MR) is 112 cm³/mol. The van der Waals surface area contributed by atoms with E-state index >= 15 is 0 Å². The largest absolute Gasteiger partial charge is 0.469 e. The first kappa shape index (κ1) is 20.9. The van der Waals surface area contributed by atoms with Gasteiger partial charge in [0, 0.05) is 39.1 Å². The number of aromatic nitrogens is 3. The molecule has 2 atom stereocenters. The summed E-state index contributed by atoms with van der Waals surface area (Å²) in [6, 6.07) is 4.16. The summed E-state index contributed by atoms with van der Waals surface area (Å²) >= 11 is 0. The highest BCUT2D eigenvalue weighted by atomic mass is 16.5. The van der Waals surface area contributed by atoms with E-state index < -0.39 is 0 Å². The molecule has 2 aromatic heterocycles. The molecule has 2 N–H and O–H groups in total. The number of guanidine groups is 1. The molecule has 4 heterocycles. The lowest BCUT2D eigenvalue weighted by Gasteiger charge is -2.26. The normalized spacial score (nSPS) is 22.0. The molecule has 4 rings (SSSR count). The van der Waals surface area contributed by atoms with E-state index in [0.29, 0.717) is 13.2 Å². The Morgan fingerprint density at radius 3 is 3.13 bits per heavy atom. The molecule has 1 saturated heterocycles. The summed E-state index contributed by atoms with van der Waals surface area (Å²) in [6.07, 6.45) is 8.06. The van der Waals surface area contributed by atoms with Crippen LogP contribution in [0.2, 0.25) is 0 Å². The van der Waals surface area contributed by atoms with Gasteiger partial charge in [-0.05, 0) is 37.8 Å². The highest BCUT2D eigenvalue weighted by Crippen LogP contribution is 2.15. The number of rotatable bonds is 8. The molecule has 0 spiro atoms. The van der Waals surface area contributed by atoms with Gasteiger partial charge in [-0.25, -0.2) is 9.67 Å². The zero-order valence-corrected chi connectivity index (χ0v) is 17.7. The summed E-state index contributed by atoms with van der Waals surface area (Å²) in [7, 11) is 1.66. The second kappa shape index (κ2) is 10.6. The van der Waals surface area contributed by atoms with Gasteiger partial charge in [-0.2, -0.15) is 5.10 Å². The van der Waals surface area contributed by atoms with Gasteiger partial charge in [0.2, 0.25) is 0 Å². The molecule has 0 bridgehead atoms. The van der Waals surface area contributed by atoms with Crippen molar-refractivity contribution in [2.75, 3.05) is 26.8 Å². The lowest BCUT2D eigenvalue weighted by molar-refractivity contribution is 0.0224. The number of nitrogens with one attached hydrogen (secondary N) is 2. The van der Waals surface area contributed by atoms with Crippen LogP contribution in [-0.2, 0) is 35.5 Å². The molecule has 9 nitrogen and oxygen atoms in total. The Hall–Kier alpha value is -2.39. The van der Waals surface area contributed by atoms with Crippen LogP contribution in [0.5, 0.6) is 0 Å². The van der Waals surface area contributed by atoms with Crippen LogP contribution in [0.1, 0.15) is 43.1 Å². The van der Waals surface area contributed by atoms with Crippen molar-refractivity contribution in [2.45, 2.75) is 63.8 Å². The third-order valence-corrected chi connectivity index (χ3v) is 5.49. The first-order valence-electron chi connectivity index (χ1n) is 10.9. The van der Waals surface area contributed by atoms with Crippen molar-refractivity contribution in [3.8, 4) is 0 Å². The Balaban J connectivity index is 1.35. The molecular formula is C21H32N6O3. The zero-order valence-electron chi connectivity index (χ0n) is 17.7. The standard InChI is InChI=1S/C21H32N6O3/c1-28-15-19-25-20-8-7-16(14-27(20)26-19)24-21(22-10-9-17-6-4-12-29-17)23-13-18-5-2-3-11-30-18/h4,6,12,16,18H,2-3,5,7-11,13-15H2,1H3,(H2,22,23,24). The number of ether oxygens (including phenoxy) is 2. The minimum atomic E-state index is 0.215. The van der Waals surface area contributed by atoms with Crippen LogP contribution in [0.4, 0.5) is 0 Å². The van der Waals surface area contributed by atoms with Crippen molar-refractivity contribution in [1.29, 1.82) is 0 Å². The summed E-state index contributed by atoms with van der Waals surface area (Å²) in [6.45, 7) is 3.49. The van der Waals surface area contributed by atoms with Crippen LogP contribution >= 0.6 is 0 Å². The van der Waals surface area contributed by atoms with E-state index in [2.05, 4.69) is 20.7 Å². The summed E-state index contributed by atoms with van der Waals surface area (Å²) in [5.41, 5.74) is 0. The third kappa shape index (κ3) is 5.82. The first-order valence-corrected chi connectivity index (χ1v) is 10.9. The molecule has 2 unspecified atom stereocenters. The Morgan fingerprint density at radius 1 is 1.37 bits per heavy atom. The van der Waals surface area contributed by atoms with Gasteiger partial charge in [-0.15, -0.1) is 0 Å². The highest BCUT2D eigenvalue weighted by molar-refractivity contribution is 5.80. The van der Waals surface area contributed by atoms with Gasteiger partial charge in [0.05, 0.1) is 25.5 Å². The van der Waals surface area contributed by atoms with Gasteiger partial charge in [0.15, 0.2) is 11.8 Å². The van der Waals surface area contributed by atoms with Crippen molar-refractivity contribution in [3.63, 3.8) is 0 Å². The molecule has 2 aliphatic heterocycles. The SMILES string of the molecule is COCc1nc2n(n1)CC(NC(=NCC1CCCCO1)NCCc1ccco1)CC2. The lowest BCUT2D eigenvalue weighted by Crippen LogP contribution is -2.48. The number of furan rings is 1. The predicted octanol–water partition coefficient (Wildman–Crippen LogP) is 1.68. The molecule has 0 aliphatic carbocycles. The number of fused-ring (bicyclic) bond motifs is 1. The molecule has 2 aromatic rings. The Morgan fingerprint density at radius 2 is 2.33 bits per heavy atom. The quantitative estimate of drug-likeness (QED) is 0.499. The minimum Gasteiger partial charge on any atom is -0.469 e. The highest BCUT2D eigenvalue weighted by Gasteiger charge is 2.23. The molecule has 0 radical (unpaired) electrons. The van der Waals surface area contributed by atoms with E-state index in [9.17, 15) is 0 Å². The minimum absolute atomic E-state index is 0.215. The number of nitrogens with zero attached hydrogens (tertiary/aromatic N) is 4. The maximum Gasteiger partial charge on any atom is 0.191 e. The molecule has 164 valence electrons. The molecule has 30 heavy (non-hydrogen) atoms. The van der Waals surface area contributed by atoms with E-state index in [1.54, 1.807) is 13.4 Å². The second-order valence-electron chi connectivity index (χ2n) is 7.87. The van der Waals surface area contributed by atoms with Gasteiger partial charge in [-0.3, -0.25) is 4.99 Å². The monoisotopic (exact) mass is 416 g/mol. The van der Waals surface area contributed by atoms with E-state index in [4.69, 9.17) is 18.9 Å². The first-order chi connectivity index (χ1) is 14.8. The average Bonchev–Trinajstić information content (AvgIpc) is 3.42. The van der Waals surface area contributed by atoms with Crippen molar-refractivity contribution < 1.29 is 13.9 Å². The van der Waals surface area contributed by atoms with Crippen LogP contribution in [0, 0.1) is 0 Å². The number of methoxy groups -OCH3 is 1. The smallest absolute Gasteiger partial charge is 0.191 e. The lowest BCUT2D eigenvalue weighted by atomic mass is 10.1. The topological polar surface area (TPSA) is 98.7 Å². The number of hydrogen-bond donors (Lipinski definition) is 2. The van der Waals surface area contributed by atoms with Crippen LogP contribution < -0.4 is 10.6 Å². The van der Waals surface area contributed by atoms with Crippen LogP contribution in [0.15, 0.2) is 27.8 Å². The molecular weight excluding hydrogens is 384 g/mol. The average molecular weight is 417 g/mol. The van der Waals surface area contributed by atoms with Gasteiger partial charge in [-0.1, -0.05) is 0 Å². The van der Waals surface area contributed by atoms with Crippen molar-refractivity contribution in [3.05, 3.63) is 35.8 Å². The maximum atomic E-state index is 5.84. The van der Waals surface area contributed by atoms with Gasteiger partial charge < -0.3 is 24.5 Å². The third-order valence-electron chi connectivity index (χ3n) is 5.49. The zero-order chi connectivity index (χ0) is 20.6. The van der Waals surface area contributed by atoms with E-state index in [0.717, 1.165) is 75.2 Å². The molecule has 0 saturated carbocycles. The summed E-state index contributed by atoms with van der Waals surface area (Å²) < 4.78 is 18.4. The van der Waals surface area contributed by atoms with E-state index in [1.807, 2.05) is 16.8 Å². The Labute approximate surface area is 177 Å². The van der Waals surface area contributed by atoms with E-state index in [1.165, 1.54) is 6.42 Å². The molecule has 0 amide bonds. The fraction of sp³-hybridized carbons (Fsp3) is 0.667. The van der Waals surface area contributed by atoms with Crippen LogP contribution in [0.25, 0.3) is 0 Å². The van der Waals surface area contributed by atoms with Gasteiger partial charge >= 0.3 is 0 Å². The summed E-state index contributed by atoms with van der Waals surface area (Å²) in [5, 5.41) is 11.6. The Kier molecular flexibility index (Phi) is 7.36. The molecule has 1 fully saturated rings. The summed E-state index contributed by atoms with van der Waals surface area (Å²) in [5.74, 6) is 3.56. The van der Waals surface area contributed by atoms with Crippen LogP contribution in [0.3, 0.4) is 0 Å². The molecule has 2 aliphatic rings. The van der Waals surface area contributed by atoms with Gasteiger partial charge in [0.1, 0.15) is 18.2 Å². The fourth-order valence-electron chi connectivity index (χ4n) is 3.92. The number of aliphatic imine (C=N–C) groups is 1. The van der Waals surface area contributed by atoms with Crippen LogP contribution in [-0.4, -0.2) is 59.7 Å². The number of aryl methyl sites for hydroxylation is 1. The Bertz CT molecular complexity index is 798. The van der Waals surface area contributed by atoms with Crippen molar-refractivity contribution in [2.24, 2.45) is 4.99 Å². The molecule has 0 aromatic carbocycles. The van der Waals surface area contributed by atoms with Crippen molar-refractivity contribution >= 4 is 5.96 Å². The van der Waals surface area contributed by atoms with Crippen molar-refractivity contribution in [1.82, 2.24) is 25.4 Å². The van der Waals surface area contributed by atoms with E-state index in [-0.39, 0.29) is 12.1 Å². The fourth-order valence-corrected chi connectivity index (χ4v) is 3.92. The van der Waals surface area contributed by atoms with Gasteiger partial charge in [0.25, 0.3) is 0 Å². The second-order valence-corrected chi connectivity index (χ2v) is 7.87. The number of hydrogen-bond acceptors (Lipinski definition) is 6. The molecule has 9 heteroatoms. The summed E-state index contributed by atoms with van der Waals surface area (Å²) in [4.78, 5) is 9.38. The maximum absolute atomic E-state index is 5.84.